The molecule has 0 atom stereocenters. The van der Waals surface area contributed by atoms with Gasteiger partial charge in [0.05, 0.1) is 11.2 Å². The van der Waals surface area contributed by atoms with Gasteiger partial charge in [-0.2, -0.15) is 0 Å². The van der Waals surface area contributed by atoms with Gasteiger partial charge in [0.15, 0.2) is 0 Å². The molecule has 0 amide bonds. The highest BCUT2D eigenvalue weighted by Gasteiger charge is 2.33. The zero-order valence-corrected chi connectivity index (χ0v) is 13.7. The number of aromatic nitrogens is 1. The monoisotopic (exact) mass is 316 g/mol. The van der Waals surface area contributed by atoms with E-state index >= 15 is 0 Å². The minimum atomic E-state index is -0.182. The molecule has 1 aliphatic heterocycles. The minimum Gasteiger partial charge on any atom is -0.319 e. The fourth-order valence-corrected chi connectivity index (χ4v) is 5.74. The highest BCUT2D eigenvalue weighted by atomic mass is 32.2. The predicted octanol–water partition coefficient (Wildman–Crippen LogP) is 4.92. The average Bonchev–Trinajstić information content (AvgIpc) is 2.85. The molecule has 1 fully saturated rings. The Bertz CT molecular complexity index is 655. The normalized spacial score (nSPS) is 20.4. The third-order valence-corrected chi connectivity index (χ3v) is 7.18. The average molecular weight is 316 g/mol. The SMILES string of the molecule is NC1(c2nc3c(s2)CSc2ccccc2-3)CCCCCC1. The molecule has 1 saturated carbocycles. The van der Waals surface area contributed by atoms with Crippen LogP contribution in [0, 0.1) is 0 Å². The third kappa shape index (κ3) is 2.43. The van der Waals surface area contributed by atoms with Crippen molar-refractivity contribution >= 4 is 23.1 Å². The molecular formula is C17H20N2S2. The van der Waals surface area contributed by atoms with E-state index in [1.165, 1.54) is 51.7 Å². The van der Waals surface area contributed by atoms with E-state index in [2.05, 4.69) is 24.3 Å². The summed E-state index contributed by atoms with van der Waals surface area (Å²) in [6.45, 7) is 0. The van der Waals surface area contributed by atoms with Crippen molar-refractivity contribution in [1.82, 2.24) is 4.98 Å². The molecule has 0 radical (unpaired) electrons. The van der Waals surface area contributed by atoms with Crippen molar-refractivity contribution in [3.8, 4) is 11.3 Å². The highest BCUT2D eigenvalue weighted by molar-refractivity contribution is 7.98. The van der Waals surface area contributed by atoms with E-state index in [0.717, 1.165) is 18.6 Å². The van der Waals surface area contributed by atoms with Crippen LogP contribution in [-0.4, -0.2) is 4.98 Å². The summed E-state index contributed by atoms with van der Waals surface area (Å²) in [5, 5.41) is 1.17. The summed E-state index contributed by atoms with van der Waals surface area (Å²) >= 11 is 3.78. The highest BCUT2D eigenvalue weighted by Crippen LogP contribution is 2.46. The number of thioether (sulfide) groups is 1. The first-order chi connectivity index (χ1) is 10.3. The lowest BCUT2D eigenvalue weighted by atomic mass is 9.92. The van der Waals surface area contributed by atoms with E-state index < -0.39 is 0 Å². The Hall–Kier alpha value is -0.840. The minimum absolute atomic E-state index is 0.182. The number of rotatable bonds is 1. The molecule has 0 spiro atoms. The van der Waals surface area contributed by atoms with Gasteiger partial charge in [-0.05, 0) is 18.9 Å². The van der Waals surface area contributed by atoms with Crippen LogP contribution in [0.3, 0.4) is 0 Å². The Morgan fingerprint density at radius 1 is 1.05 bits per heavy atom. The van der Waals surface area contributed by atoms with Crippen molar-refractivity contribution < 1.29 is 0 Å². The van der Waals surface area contributed by atoms with E-state index in [4.69, 9.17) is 10.7 Å². The van der Waals surface area contributed by atoms with Crippen LogP contribution in [0.15, 0.2) is 29.2 Å². The maximum atomic E-state index is 6.75. The van der Waals surface area contributed by atoms with Gasteiger partial charge in [-0.3, -0.25) is 0 Å². The van der Waals surface area contributed by atoms with Crippen molar-refractivity contribution in [1.29, 1.82) is 0 Å². The van der Waals surface area contributed by atoms with Crippen molar-refractivity contribution in [2.24, 2.45) is 5.73 Å². The summed E-state index contributed by atoms with van der Waals surface area (Å²) < 4.78 is 0. The van der Waals surface area contributed by atoms with Gasteiger partial charge in [0, 0.05) is 21.1 Å². The van der Waals surface area contributed by atoms with Gasteiger partial charge < -0.3 is 5.73 Å². The molecule has 0 unspecified atom stereocenters. The first-order valence-electron chi connectivity index (χ1n) is 7.77. The molecule has 2 aliphatic rings. The van der Waals surface area contributed by atoms with E-state index in [1.54, 1.807) is 0 Å². The van der Waals surface area contributed by atoms with Gasteiger partial charge in [0.2, 0.25) is 0 Å². The predicted molar refractivity (Wildman–Crippen MR) is 90.7 cm³/mol. The van der Waals surface area contributed by atoms with Gasteiger partial charge in [-0.15, -0.1) is 23.1 Å². The van der Waals surface area contributed by atoms with Gasteiger partial charge in [-0.1, -0.05) is 43.9 Å². The largest absolute Gasteiger partial charge is 0.319 e. The second kappa shape index (κ2) is 5.41. The molecule has 1 aromatic heterocycles. The molecule has 4 rings (SSSR count). The zero-order valence-electron chi connectivity index (χ0n) is 12.1. The first kappa shape index (κ1) is 13.8. The number of nitrogens with zero attached hydrogens (tertiary/aromatic N) is 1. The molecule has 2 N–H and O–H groups in total. The zero-order chi connectivity index (χ0) is 14.3. The maximum absolute atomic E-state index is 6.75. The van der Waals surface area contributed by atoms with E-state index in [-0.39, 0.29) is 5.54 Å². The van der Waals surface area contributed by atoms with Gasteiger partial charge in [0.25, 0.3) is 0 Å². The fourth-order valence-electron chi connectivity index (χ4n) is 3.38. The lowest BCUT2D eigenvalue weighted by Crippen LogP contribution is -2.35. The third-order valence-electron chi connectivity index (χ3n) is 4.62. The fraction of sp³-hybridized carbons (Fsp3) is 0.471. The van der Waals surface area contributed by atoms with Crippen LogP contribution in [0.1, 0.15) is 48.4 Å². The smallest absolute Gasteiger partial charge is 0.113 e. The number of benzene rings is 1. The molecule has 2 heterocycles. The summed E-state index contributed by atoms with van der Waals surface area (Å²) in [5.74, 6) is 1.04. The molecule has 0 bridgehead atoms. The van der Waals surface area contributed by atoms with E-state index in [0.29, 0.717) is 0 Å². The lowest BCUT2D eigenvalue weighted by molar-refractivity contribution is 0.384. The van der Waals surface area contributed by atoms with Crippen LogP contribution < -0.4 is 5.73 Å². The Morgan fingerprint density at radius 3 is 2.62 bits per heavy atom. The van der Waals surface area contributed by atoms with Crippen molar-refractivity contribution in [2.45, 2.75) is 54.7 Å². The summed E-state index contributed by atoms with van der Waals surface area (Å²) in [5.41, 5.74) is 9.06. The Kier molecular flexibility index (Phi) is 3.56. The number of hydrogen-bond acceptors (Lipinski definition) is 4. The van der Waals surface area contributed by atoms with E-state index in [1.807, 2.05) is 23.1 Å². The molecule has 1 aliphatic carbocycles. The number of nitrogens with two attached hydrogens (primary N) is 1. The molecule has 2 aromatic rings. The van der Waals surface area contributed by atoms with Crippen LogP contribution in [0.4, 0.5) is 0 Å². The summed E-state index contributed by atoms with van der Waals surface area (Å²) in [7, 11) is 0. The van der Waals surface area contributed by atoms with Crippen molar-refractivity contribution in [3.05, 3.63) is 34.2 Å². The van der Waals surface area contributed by atoms with E-state index in [9.17, 15) is 0 Å². The van der Waals surface area contributed by atoms with Crippen LogP contribution in [0.25, 0.3) is 11.3 Å². The Morgan fingerprint density at radius 2 is 1.81 bits per heavy atom. The van der Waals surface area contributed by atoms with Crippen molar-refractivity contribution in [2.75, 3.05) is 0 Å². The maximum Gasteiger partial charge on any atom is 0.113 e. The van der Waals surface area contributed by atoms with Gasteiger partial charge in [0.1, 0.15) is 5.01 Å². The molecule has 4 heteroatoms. The number of thiazole rings is 1. The molecule has 2 nitrogen and oxygen atoms in total. The summed E-state index contributed by atoms with van der Waals surface area (Å²) in [4.78, 5) is 7.77. The Labute approximate surface area is 134 Å². The lowest BCUT2D eigenvalue weighted by Gasteiger charge is -2.25. The number of fused-ring (bicyclic) bond motifs is 3. The molecule has 1 aromatic carbocycles. The molecular weight excluding hydrogens is 296 g/mol. The standard InChI is InChI=1S/C17H20N2S2/c18-17(9-5-1-2-6-10-17)16-19-15-12-7-3-4-8-13(12)20-11-14(15)21-16/h3-4,7-8H,1-2,5-6,9-11,18H2. The number of hydrogen-bond donors (Lipinski definition) is 1. The van der Waals surface area contributed by atoms with Crippen molar-refractivity contribution in [3.63, 3.8) is 0 Å². The summed E-state index contributed by atoms with van der Waals surface area (Å²) in [6.07, 6.45) is 7.31. The Balaban J connectivity index is 1.76. The van der Waals surface area contributed by atoms with Gasteiger partial charge >= 0.3 is 0 Å². The topological polar surface area (TPSA) is 38.9 Å². The molecule has 110 valence electrons. The second-order valence-electron chi connectivity index (χ2n) is 6.15. The molecule has 21 heavy (non-hydrogen) atoms. The van der Waals surface area contributed by atoms with Crippen LogP contribution in [0.5, 0.6) is 0 Å². The molecule has 0 saturated heterocycles. The van der Waals surface area contributed by atoms with Crippen LogP contribution >= 0.6 is 23.1 Å². The summed E-state index contributed by atoms with van der Waals surface area (Å²) in [6, 6.07) is 8.61. The second-order valence-corrected chi connectivity index (χ2v) is 8.25. The van der Waals surface area contributed by atoms with Crippen LogP contribution in [-0.2, 0) is 11.3 Å². The van der Waals surface area contributed by atoms with Gasteiger partial charge in [-0.25, -0.2) is 4.98 Å². The first-order valence-corrected chi connectivity index (χ1v) is 9.58. The quantitative estimate of drug-likeness (QED) is 0.759. The van der Waals surface area contributed by atoms with Crippen LogP contribution in [0.2, 0.25) is 0 Å².